The van der Waals surface area contributed by atoms with E-state index in [2.05, 4.69) is 34.5 Å². The summed E-state index contributed by atoms with van der Waals surface area (Å²) in [5.74, 6) is -2.63. The number of rotatable bonds is 18. The number of halogens is 2. The molecule has 3 saturated heterocycles. The number of likely N-dealkylation sites (N-methyl/N-ethyl adjacent to an activating group) is 2. The van der Waals surface area contributed by atoms with Gasteiger partial charge in [-0.25, -0.2) is 13.8 Å². The van der Waals surface area contributed by atoms with Gasteiger partial charge < -0.3 is 68.5 Å². The van der Waals surface area contributed by atoms with E-state index in [0.717, 1.165) is 29.8 Å². The molecular formula is C56H92FIN8O13. The summed E-state index contributed by atoms with van der Waals surface area (Å²) in [7, 11) is 6.73. The van der Waals surface area contributed by atoms with E-state index < -0.39 is 125 Å². The van der Waals surface area contributed by atoms with Crippen molar-refractivity contribution in [1.82, 2.24) is 39.8 Å². The van der Waals surface area contributed by atoms with E-state index in [1.54, 1.807) is 52.4 Å². The number of ether oxygens (including phenoxy) is 7. The van der Waals surface area contributed by atoms with Crippen LogP contribution in [0.5, 0.6) is 0 Å². The maximum Gasteiger partial charge on any atom is 0.312 e. The molecule has 448 valence electrons. The number of benzene rings is 1. The summed E-state index contributed by atoms with van der Waals surface area (Å²) in [6.07, 6.45) is -3.18. The molecule has 5 heterocycles. The van der Waals surface area contributed by atoms with E-state index in [1.165, 1.54) is 25.8 Å². The van der Waals surface area contributed by atoms with Gasteiger partial charge in [0.25, 0.3) is 0 Å². The maximum absolute atomic E-state index is 15.0. The number of hydrogen-bond donors (Lipinski definition) is 5. The van der Waals surface area contributed by atoms with E-state index in [9.17, 15) is 30.3 Å². The Kier molecular flexibility index (Phi) is 22.9. The molecule has 0 amide bonds. The van der Waals surface area contributed by atoms with Crippen LogP contribution in [0.15, 0.2) is 36.7 Å². The van der Waals surface area contributed by atoms with Gasteiger partial charge in [0, 0.05) is 70.3 Å². The number of hydrogen-bond acceptors (Lipinski definition) is 19. The number of aliphatic hydroxyl groups excluding tert-OH is 3. The van der Waals surface area contributed by atoms with Gasteiger partial charge in [0.05, 0.1) is 64.8 Å². The second kappa shape index (κ2) is 27.7. The van der Waals surface area contributed by atoms with Crippen LogP contribution in [0.25, 0.3) is 5.69 Å². The summed E-state index contributed by atoms with van der Waals surface area (Å²) in [5, 5.41) is 77.1. The minimum atomic E-state index is -1.88. The number of methoxy groups -OCH3 is 2. The molecule has 21 atom stereocenters. The number of carbonyl (C=O) groups excluding carboxylic acids is 1. The number of nitrogens with zero attached hydrogens (tertiary/aromatic N) is 8. The van der Waals surface area contributed by atoms with Crippen molar-refractivity contribution in [1.29, 1.82) is 0 Å². The molecule has 1 unspecified atom stereocenters. The third-order valence-electron chi connectivity index (χ3n) is 17.1. The Hall–Kier alpha value is -2.89. The largest absolute Gasteiger partial charge is 0.448 e. The predicted molar refractivity (Wildman–Crippen MR) is 300 cm³/mol. The van der Waals surface area contributed by atoms with Gasteiger partial charge in [-0.15, -0.1) is 10.2 Å². The van der Waals surface area contributed by atoms with E-state index in [0.29, 0.717) is 37.5 Å². The number of cyclic esters (lactones) is 1. The average molecular weight is 1230 g/mol. The molecule has 0 bridgehead atoms. The van der Waals surface area contributed by atoms with Crippen molar-refractivity contribution in [2.45, 2.75) is 221 Å². The van der Waals surface area contributed by atoms with Crippen LogP contribution in [0.3, 0.4) is 0 Å². The van der Waals surface area contributed by atoms with Gasteiger partial charge in [0.15, 0.2) is 16.7 Å². The standard InChI is InChI=1S/C56H92FIN8O13/c1-16-17-32(3)41-30-65(62-60-41)40-20-18-38(19-21-40)47(73-14)43(27-57)66-29-39(59-61-66)22-23-63(12)42-24-33(4)75-52(45(42)67)78-50-34(5)46(77-44-26-55(10,74-15)49(69)37(8)76-44)35(6)51(70)79-53(58)56(11,72)48(68)36(7)64(13)28-31(2)25-54(50,9)71/h18-21,29-37,42-50,52-53,67-69,71-72H,16-17,22-28H2,1-15H3/t31-,32?,33-,34+,35-,36-,37+,42+,43-,44+,45-,46+,47-,48-,49+,50-,52+,53+,54-,55-,56+/m1/s1. The molecular weight excluding hydrogens is 1140 g/mol. The molecule has 3 aliphatic heterocycles. The maximum atomic E-state index is 15.0. The molecule has 0 aliphatic carbocycles. The summed E-state index contributed by atoms with van der Waals surface area (Å²) in [6, 6.07) is 5.67. The number of aliphatic hydroxyl groups is 5. The Morgan fingerprint density at radius 2 is 1.63 bits per heavy atom. The smallest absolute Gasteiger partial charge is 0.312 e. The normalized spacial score (nSPS) is 38.0. The highest BCUT2D eigenvalue weighted by Gasteiger charge is 2.53. The van der Waals surface area contributed by atoms with Gasteiger partial charge in [-0.3, -0.25) is 4.79 Å². The number of alkyl halides is 2. The first-order valence-electron chi connectivity index (χ1n) is 28.0. The quantitative estimate of drug-likeness (QED) is 0.0602. The molecule has 1 aromatic carbocycles. The van der Waals surface area contributed by atoms with Crippen LogP contribution in [0.1, 0.15) is 143 Å². The first kappa shape index (κ1) is 65.3. The lowest BCUT2D eigenvalue weighted by molar-refractivity contribution is -0.318. The van der Waals surface area contributed by atoms with Crippen LogP contribution in [-0.2, 0) is 44.4 Å². The van der Waals surface area contributed by atoms with Crippen molar-refractivity contribution >= 4 is 28.6 Å². The first-order chi connectivity index (χ1) is 37.1. The molecule has 5 N–H and O–H groups in total. The van der Waals surface area contributed by atoms with Crippen LogP contribution in [0.4, 0.5) is 4.39 Å². The van der Waals surface area contributed by atoms with Crippen LogP contribution in [0.2, 0.25) is 0 Å². The highest BCUT2D eigenvalue weighted by molar-refractivity contribution is 14.1. The third-order valence-corrected chi connectivity index (χ3v) is 18.6. The Morgan fingerprint density at radius 1 is 0.949 bits per heavy atom. The second-order valence-corrected chi connectivity index (χ2v) is 24.9. The van der Waals surface area contributed by atoms with Crippen LogP contribution in [0, 0.1) is 17.8 Å². The summed E-state index contributed by atoms with van der Waals surface area (Å²) >= 11 is 1.82. The fourth-order valence-electron chi connectivity index (χ4n) is 11.9. The molecule has 3 aliphatic rings. The molecule has 0 saturated carbocycles. The van der Waals surface area contributed by atoms with Crippen molar-refractivity contribution < 1.29 is 67.9 Å². The van der Waals surface area contributed by atoms with Crippen molar-refractivity contribution in [2.24, 2.45) is 17.8 Å². The lowest BCUT2D eigenvalue weighted by atomic mass is 9.77. The summed E-state index contributed by atoms with van der Waals surface area (Å²) in [5.41, 5.74) is -1.53. The van der Waals surface area contributed by atoms with Gasteiger partial charge in [-0.05, 0) is 128 Å². The monoisotopic (exact) mass is 1230 g/mol. The van der Waals surface area contributed by atoms with Crippen LogP contribution in [-0.4, -0.2) is 208 Å². The summed E-state index contributed by atoms with van der Waals surface area (Å²) < 4.78 is 61.1. The Labute approximate surface area is 480 Å². The molecule has 79 heavy (non-hydrogen) atoms. The van der Waals surface area contributed by atoms with Gasteiger partial charge in [-0.1, -0.05) is 56.7 Å². The zero-order valence-electron chi connectivity index (χ0n) is 49.1. The molecule has 3 fully saturated rings. The van der Waals surface area contributed by atoms with Crippen LogP contribution >= 0.6 is 22.6 Å². The minimum Gasteiger partial charge on any atom is -0.448 e. The van der Waals surface area contributed by atoms with Crippen molar-refractivity contribution in [3.8, 4) is 5.69 Å². The van der Waals surface area contributed by atoms with Crippen molar-refractivity contribution in [3.63, 3.8) is 0 Å². The molecule has 0 spiro atoms. The Balaban J connectivity index is 1.22. The highest BCUT2D eigenvalue weighted by atomic mass is 127. The molecule has 2 aromatic heterocycles. The van der Waals surface area contributed by atoms with Gasteiger partial charge >= 0.3 is 5.97 Å². The zero-order chi connectivity index (χ0) is 58.5. The summed E-state index contributed by atoms with van der Waals surface area (Å²) in [6.45, 7) is 19.9. The lowest BCUT2D eigenvalue weighted by Crippen LogP contribution is -2.60. The second-order valence-electron chi connectivity index (χ2n) is 23.8. The average Bonchev–Trinajstić information content (AvgIpc) is 4.16. The highest BCUT2D eigenvalue weighted by Crippen LogP contribution is 2.41. The third kappa shape index (κ3) is 15.3. The van der Waals surface area contributed by atoms with Crippen molar-refractivity contribution in [2.75, 3.05) is 48.1 Å². The van der Waals surface area contributed by atoms with Gasteiger partial charge in [0.2, 0.25) is 0 Å². The van der Waals surface area contributed by atoms with Gasteiger partial charge in [0.1, 0.15) is 42.7 Å². The zero-order valence-corrected chi connectivity index (χ0v) is 51.2. The number of carbonyl (C=O) groups is 1. The Bertz CT molecular complexity index is 2370. The van der Waals surface area contributed by atoms with E-state index in [1.807, 2.05) is 90.8 Å². The van der Waals surface area contributed by atoms with E-state index in [4.69, 9.17) is 33.2 Å². The lowest BCUT2D eigenvalue weighted by Gasteiger charge is -2.49. The Morgan fingerprint density at radius 3 is 2.27 bits per heavy atom. The van der Waals surface area contributed by atoms with Crippen molar-refractivity contribution in [3.05, 3.63) is 53.6 Å². The fourth-order valence-corrected chi connectivity index (χ4v) is 12.6. The van der Waals surface area contributed by atoms with E-state index >= 15 is 4.39 Å². The minimum absolute atomic E-state index is 0.0789. The number of aromatic nitrogens is 6. The molecule has 0 radical (unpaired) electrons. The van der Waals surface area contributed by atoms with Gasteiger partial charge in [-0.2, -0.15) is 0 Å². The fraction of sp³-hybridized carbons (Fsp3) is 0.804. The number of esters is 1. The topological polar surface area (TPSA) is 251 Å². The molecule has 3 aromatic rings. The van der Waals surface area contributed by atoms with E-state index in [-0.39, 0.29) is 18.8 Å². The molecule has 6 rings (SSSR count). The molecule has 23 heteroatoms. The first-order valence-corrected chi connectivity index (χ1v) is 29.3. The van der Waals surface area contributed by atoms with Crippen LogP contribution < -0.4 is 0 Å². The predicted octanol–water partition coefficient (Wildman–Crippen LogP) is 5.47. The SMILES string of the molecule is CCCC(C)c1cn(-c2ccc([C@@H](OC)[C@@H](CF)n3cc(CCN(C)[C@H]4C[C@@H](C)O[C@@H](O[C@@H]5[C@@H](C)[C@H](O[C@H]6C[C@@](C)(OC)[C@@H](O)[C@H](C)O6)[C@@H](C)C(=O)O[C@H](I)[C@@](C)(O)[C@H](O)[C@@H](C)N(C)C[C@H](C)C[C@@]5(C)O)[C@@H]4O)nn3)cc2)nn1. The molecule has 21 nitrogen and oxygen atoms in total. The summed E-state index contributed by atoms with van der Waals surface area (Å²) in [4.78, 5) is 18.3.